The largest absolute Gasteiger partial charge is 0.387 e. The highest BCUT2D eigenvalue weighted by Gasteiger charge is 2.89. The van der Waals surface area contributed by atoms with Crippen LogP contribution in [0.3, 0.4) is 0 Å². The van der Waals surface area contributed by atoms with Crippen molar-refractivity contribution in [2.45, 2.75) is 116 Å². The minimum atomic E-state index is -1.62. The van der Waals surface area contributed by atoms with Gasteiger partial charge in [-0.3, -0.25) is 9.59 Å². The van der Waals surface area contributed by atoms with E-state index in [1.807, 2.05) is 27.7 Å². The molecule has 3 aliphatic carbocycles. The molecular weight excluding hydrogens is 488 g/mol. The van der Waals surface area contributed by atoms with Gasteiger partial charge in [0.15, 0.2) is 17.9 Å². The number of hydrogen-bond acceptors (Lipinski definition) is 8. The Kier molecular flexibility index (Phi) is 5.68. The van der Waals surface area contributed by atoms with Crippen LogP contribution in [0.5, 0.6) is 0 Å². The SMILES string of the molecule is C=C(C)[C@@H]1CC[C@H]2[C@@]34COC5(OC(C)(C)O[C@H]1[C@@]25C(C)=O)[C@@H](O)[C@@H]3C(C)(C)C[C@]1(CC[C@@H](OCC)O1)C4=O. The first kappa shape index (κ1) is 27.0. The Morgan fingerprint density at radius 1 is 1.13 bits per heavy atom. The zero-order valence-electron chi connectivity index (χ0n) is 23.9. The lowest BCUT2D eigenvalue weighted by molar-refractivity contribution is -0.528. The van der Waals surface area contributed by atoms with Crippen molar-refractivity contribution < 1.29 is 38.4 Å². The van der Waals surface area contributed by atoms with Crippen LogP contribution in [0.1, 0.15) is 80.6 Å². The molecule has 0 aromatic carbocycles. The highest BCUT2D eigenvalue weighted by atomic mass is 16.8. The lowest BCUT2D eigenvalue weighted by Gasteiger charge is -2.78. The zero-order chi connectivity index (χ0) is 27.7. The van der Waals surface area contributed by atoms with Gasteiger partial charge >= 0.3 is 0 Å². The van der Waals surface area contributed by atoms with Gasteiger partial charge in [-0.05, 0) is 71.6 Å². The normalized spacial score (nSPS) is 51.9. The van der Waals surface area contributed by atoms with E-state index in [-0.39, 0.29) is 24.1 Å². The molecule has 7 rings (SSSR count). The predicted octanol–water partition coefficient (Wildman–Crippen LogP) is 3.93. The molecular formula is C30H44O8. The second-order valence-electron chi connectivity index (χ2n) is 14.0. The van der Waals surface area contributed by atoms with E-state index in [2.05, 4.69) is 20.4 Å². The van der Waals surface area contributed by atoms with Crippen LogP contribution in [0.2, 0.25) is 0 Å². The number of ether oxygens (including phenoxy) is 5. The summed E-state index contributed by atoms with van der Waals surface area (Å²) >= 11 is 0. The summed E-state index contributed by atoms with van der Waals surface area (Å²) in [6.45, 7) is 18.1. The molecule has 0 radical (unpaired) electrons. The van der Waals surface area contributed by atoms with Gasteiger partial charge in [0.2, 0.25) is 5.79 Å². The number of Topliss-reactive ketones (excluding diaryl/α,β-unsaturated/α-hetero) is 2. The number of aliphatic hydroxyl groups excluding tert-OH is 1. The molecule has 212 valence electrons. The van der Waals surface area contributed by atoms with Gasteiger partial charge < -0.3 is 28.8 Å². The van der Waals surface area contributed by atoms with Crippen molar-refractivity contribution in [3.05, 3.63) is 12.2 Å². The topological polar surface area (TPSA) is 101 Å². The molecule has 4 aliphatic heterocycles. The van der Waals surface area contributed by atoms with Crippen LogP contribution in [0.25, 0.3) is 0 Å². The second-order valence-corrected chi connectivity index (χ2v) is 14.0. The van der Waals surface area contributed by atoms with Crippen LogP contribution in [0.4, 0.5) is 0 Å². The van der Waals surface area contributed by atoms with Crippen molar-refractivity contribution in [3.63, 3.8) is 0 Å². The maximum Gasteiger partial charge on any atom is 0.213 e. The van der Waals surface area contributed by atoms with E-state index in [0.717, 1.165) is 12.0 Å². The molecule has 0 aromatic rings. The summed E-state index contributed by atoms with van der Waals surface area (Å²) in [6, 6.07) is 0. The summed E-state index contributed by atoms with van der Waals surface area (Å²) in [5, 5.41) is 12.4. The molecule has 10 atom stereocenters. The van der Waals surface area contributed by atoms with Crippen molar-refractivity contribution in [3.8, 4) is 0 Å². The van der Waals surface area contributed by atoms with Crippen LogP contribution in [0, 0.1) is 34.0 Å². The van der Waals surface area contributed by atoms with Gasteiger partial charge in [-0.2, -0.15) is 0 Å². The molecule has 1 N–H and O–H groups in total. The Hall–Kier alpha value is -1.16. The molecule has 7 fully saturated rings. The standard InChI is InChI=1S/C30H44O8/c1-9-34-20-12-13-27(36-20)14-25(5,6)21-22(32)30-29(17(4)31)19(28(21,15-35-30)24(27)33)11-10-18(16(2)3)23(29)37-26(7,8)38-30/h18-23,32H,2,9-15H2,1,3-8H3/t18-,19-,20-,21+,22-,23+,27+,28-,29+,30?/m0/s1. The Labute approximate surface area is 225 Å². The minimum absolute atomic E-state index is 0.0492. The number of carbonyl (C=O) groups is 2. The van der Waals surface area contributed by atoms with E-state index < -0.39 is 63.8 Å². The molecule has 4 saturated heterocycles. The third-order valence-corrected chi connectivity index (χ3v) is 11.1. The Balaban J connectivity index is 1.60. The number of rotatable bonds is 4. The second kappa shape index (κ2) is 7.98. The number of aliphatic hydroxyl groups is 1. The van der Waals surface area contributed by atoms with Gasteiger partial charge in [0.25, 0.3) is 0 Å². The van der Waals surface area contributed by atoms with Gasteiger partial charge in [-0.1, -0.05) is 26.0 Å². The summed E-state index contributed by atoms with van der Waals surface area (Å²) in [7, 11) is 0. The molecule has 1 unspecified atom stereocenters. The van der Waals surface area contributed by atoms with E-state index in [1.54, 1.807) is 6.92 Å². The molecule has 3 saturated carbocycles. The van der Waals surface area contributed by atoms with Crippen LogP contribution < -0.4 is 0 Å². The van der Waals surface area contributed by atoms with Gasteiger partial charge in [-0.15, -0.1) is 0 Å². The van der Waals surface area contributed by atoms with Crippen molar-refractivity contribution in [1.29, 1.82) is 0 Å². The van der Waals surface area contributed by atoms with Gasteiger partial charge in [-0.25, -0.2) is 0 Å². The zero-order valence-corrected chi connectivity index (χ0v) is 23.9. The van der Waals surface area contributed by atoms with Crippen LogP contribution in [-0.4, -0.2) is 65.6 Å². The molecule has 2 bridgehead atoms. The molecule has 8 nitrogen and oxygen atoms in total. The number of carbonyl (C=O) groups excluding carboxylic acids is 2. The first-order valence-corrected chi connectivity index (χ1v) is 14.4. The fourth-order valence-corrected chi connectivity index (χ4v) is 10.3. The van der Waals surface area contributed by atoms with Crippen molar-refractivity contribution in [2.75, 3.05) is 13.2 Å². The highest BCUT2D eigenvalue weighted by molar-refractivity contribution is 5.97. The molecule has 3 spiro atoms. The molecule has 38 heavy (non-hydrogen) atoms. The van der Waals surface area contributed by atoms with Crippen LogP contribution in [-0.2, 0) is 33.3 Å². The minimum Gasteiger partial charge on any atom is -0.387 e. The lowest BCUT2D eigenvalue weighted by atomic mass is 9.32. The molecule has 0 amide bonds. The number of hydrogen-bond donors (Lipinski definition) is 1. The monoisotopic (exact) mass is 532 g/mol. The number of fused-ring (bicyclic) bond motifs is 1. The van der Waals surface area contributed by atoms with Crippen LogP contribution >= 0.6 is 0 Å². The van der Waals surface area contributed by atoms with Crippen molar-refractivity contribution in [1.82, 2.24) is 0 Å². The van der Waals surface area contributed by atoms with E-state index >= 15 is 4.79 Å². The molecule has 0 aromatic heterocycles. The van der Waals surface area contributed by atoms with Gasteiger partial charge in [0.1, 0.15) is 22.9 Å². The third kappa shape index (κ3) is 2.92. The van der Waals surface area contributed by atoms with Gasteiger partial charge in [0.05, 0.1) is 18.1 Å². The van der Waals surface area contributed by atoms with Crippen molar-refractivity contribution >= 4 is 11.6 Å². The van der Waals surface area contributed by atoms with E-state index in [4.69, 9.17) is 23.7 Å². The average Bonchev–Trinajstić information content (AvgIpc) is 3.20. The maximum absolute atomic E-state index is 15.0. The summed E-state index contributed by atoms with van der Waals surface area (Å²) < 4.78 is 32.2. The van der Waals surface area contributed by atoms with Crippen LogP contribution in [0.15, 0.2) is 12.2 Å². The quantitative estimate of drug-likeness (QED) is 0.544. The van der Waals surface area contributed by atoms with Gasteiger partial charge in [0, 0.05) is 24.9 Å². The first-order valence-electron chi connectivity index (χ1n) is 14.4. The molecule has 8 heteroatoms. The summed E-state index contributed by atoms with van der Waals surface area (Å²) in [5.41, 5.74) is -3.12. The lowest BCUT2D eigenvalue weighted by Crippen LogP contribution is -2.90. The molecule has 7 aliphatic rings. The Morgan fingerprint density at radius 2 is 1.84 bits per heavy atom. The molecule has 4 heterocycles. The summed E-state index contributed by atoms with van der Waals surface area (Å²) in [5.74, 6) is -3.98. The smallest absolute Gasteiger partial charge is 0.213 e. The Morgan fingerprint density at radius 3 is 2.47 bits per heavy atom. The number of ketones is 2. The average molecular weight is 533 g/mol. The highest BCUT2D eigenvalue weighted by Crippen LogP contribution is 2.77. The summed E-state index contributed by atoms with van der Waals surface area (Å²) in [6.07, 6.45) is 0.718. The fourth-order valence-electron chi connectivity index (χ4n) is 10.3. The van der Waals surface area contributed by atoms with Crippen molar-refractivity contribution in [2.24, 2.45) is 34.0 Å². The van der Waals surface area contributed by atoms with E-state index in [1.165, 1.54) is 0 Å². The van der Waals surface area contributed by atoms with E-state index in [9.17, 15) is 9.90 Å². The first-order chi connectivity index (χ1) is 17.7. The third-order valence-electron chi connectivity index (χ3n) is 11.1. The summed E-state index contributed by atoms with van der Waals surface area (Å²) in [4.78, 5) is 29.2. The van der Waals surface area contributed by atoms with E-state index in [0.29, 0.717) is 32.3 Å². The fraction of sp³-hybridized carbons (Fsp3) is 0.867. The predicted molar refractivity (Wildman–Crippen MR) is 137 cm³/mol. The Bertz CT molecular complexity index is 1080. The maximum atomic E-state index is 15.0.